The number of anilines is 1. The second-order valence-corrected chi connectivity index (χ2v) is 18.0. The van der Waals surface area contributed by atoms with Crippen LogP contribution in [0.15, 0.2) is 96.2 Å². The Morgan fingerprint density at radius 3 is 2.48 bits per heavy atom. The average Bonchev–Trinajstić information content (AvgIpc) is 3.82. The van der Waals surface area contributed by atoms with Crippen LogP contribution in [0.4, 0.5) is 5.82 Å². The number of nitrogens with one attached hydrogen (secondary N) is 2. The van der Waals surface area contributed by atoms with E-state index < -0.39 is 41.4 Å². The summed E-state index contributed by atoms with van der Waals surface area (Å²) < 4.78 is 6.70. The topological polar surface area (TPSA) is 208 Å². The predicted octanol–water partition coefficient (Wildman–Crippen LogP) is 2.27. The predicted molar refractivity (Wildman–Crippen MR) is 230 cm³/mol. The van der Waals surface area contributed by atoms with Gasteiger partial charge in [-0.25, -0.2) is 4.79 Å². The lowest BCUT2D eigenvalue weighted by Gasteiger charge is -2.42. The molecule has 16 heteroatoms. The Morgan fingerprint density at radius 2 is 1.78 bits per heavy atom. The van der Waals surface area contributed by atoms with Gasteiger partial charge >= 0.3 is 5.69 Å². The highest BCUT2D eigenvalue weighted by molar-refractivity contribution is 8.00. The first-order chi connectivity index (χ1) is 28.8. The van der Waals surface area contributed by atoms with Crippen LogP contribution in [0.25, 0.3) is 0 Å². The summed E-state index contributed by atoms with van der Waals surface area (Å²) in [6.07, 6.45) is 4.85. The molecule has 7 atom stereocenters. The standard InChI is InChI=1S/C36H47N5O4.C8H11N3O3S/c1-36(2,3)39-35(45)31-24-40(22-26-12-9-15-37-21-26)16-17-41(31)23-29(42)19-28(18-25-10-5-4-6-11-25)34(44)38-33-30-14-8-7-13-27(30)20-32(33)43;9-5-1-2-11(8(13)10-5)6-4-14-7(3-12)15-6/h4-15,21,28-29,31-33,42-43H,16-20,22-24H2,1-3H3,(H,38,44)(H,39,45);1-2,6-7,12H,3-4H2,(H2,9,10,13)/t28-,29-,31-,32+,33-;/m0./s1. The lowest BCUT2D eigenvalue weighted by atomic mass is 9.91. The molecule has 0 saturated carbocycles. The van der Waals surface area contributed by atoms with E-state index in [9.17, 15) is 24.6 Å². The van der Waals surface area contributed by atoms with Gasteiger partial charge < -0.3 is 36.4 Å². The quantitative estimate of drug-likeness (QED) is 0.114. The van der Waals surface area contributed by atoms with Gasteiger partial charge in [0, 0.05) is 69.2 Å². The van der Waals surface area contributed by atoms with Crippen LogP contribution in [0.1, 0.15) is 60.9 Å². The van der Waals surface area contributed by atoms with Crippen molar-refractivity contribution in [1.29, 1.82) is 0 Å². The molecular weight excluding hydrogens is 785 g/mol. The molecule has 2 aromatic carbocycles. The van der Waals surface area contributed by atoms with Gasteiger partial charge in [-0.1, -0.05) is 60.7 Å². The number of nitrogens with zero attached hydrogens (tertiary/aromatic N) is 5. The van der Waals surface area contributed by atoms with Gasteiger partial charge in [-0.15, -0.1) is 11.8 Å². The van der Waals surface area contributed by atoms with Crippen molar-refractivity contribution in [2.24, 2.45) is 5.92 Å². The minimum Gasteiger partial charge on any atom is -0.393 e. The molecule has 3 aliphatic rings. The second kappa shape index (κ2) is 20.7. The molecule has 0 spiro atoms. The number of hydrogen-bond acceptors (Lipinski definition) is 13. The van der Waals surface area contributed by atoms with Gasteiger partial charge in [0.25, 0.3) is 0 Å². The summed E-state index contributed by atoms with van der Waals surface area (Å²) in [5, 5.41) is 37.2. The van der Waals surface area contributed by atoms with Crippen LogP contribution >= 0.6 is 11.8 Å². The molecule has 322 valence electrons. The average molecular weight is 843 g/mol. The minimum absolute atomic E-state index is 0.0572. The van der Waals surface area contributed by atoms with Crippen LogP contribution in [0.5, 0.6) is 0 Å². The first-order valence-electron chi connectivity index (χ1n) is 20.4. The molecule has 4 heterocycles. The van der Waals surface area contributed by atoms with Crippen LogP contribution in [0, 0.1) is 5.92 Å². The van der Waals surface area contributed by atoms with Gasteiger partial charge in [0.15, 0.2) is 0 Å². The number of ether oxygens (including phenoxy) is 1. The van der Waals surface area contributed by atoms with Gasteiger partial charge in [0.05, 0.1) is 31.5 Å². The summed E-state index contributed by atoms with van der Waals surface area (Å²) in [6.45, 7) is 9.08. The van der Waals surface area contributed by atoms with Crippen LogP contribution < -0.4 is 22.1 Å². The molecule has 60 heavy (non-hydrogen) atoms. The van der Waals surface area contributed by atoms with E-state index in [1.807, 2.05) is 93.7 Å². The molecular formula is C44H58N8O7S. The number of aliphatic hydroxyl groups excluding tert-OH is 3. The molecule has 0 radical (unpaired) electrons. The van der Waals surface area contributed by atoms with E-state index in [4.69, 9.17) is 15.6 Å². The fraction of sp³-hybridized carbons (Fsp3) is 0.477. The van der Waals surface area contributed by atoms with E-state index in [1.165, 1.54) is 16.3 Å². The number of nitrogen functional groups attached to an aromatic ring is 1. The normalized spacial score (nSPS) is 22.9. The number of β-amino-alcohol motifs (C(OH)–C–C–N with tert-alkyl or cyclic N) is 1. The van der Waals surface area contributed by atoms with Crippen LogP contribution in [0.2, 0.25) is 0 Å². The zero-order valence-electron chi connectivity index (χ0n) is 34.5. The Balaban J connectivity index is 0.000000336. The third-order valence-corrected chi connectivity index (χ3v) is 12.0. The van der Waals surface area contributed by atoms with Gasteiger partial charge in [-0.2, -0.15) is 4.98 Å². The lowest BCUT2D eigenvalue weighted by molar-refractivity contribution is -0.132. The largest absolute Gasteiger partial charge is 0.393 e. The van der Waals surface area contributed by atoms with Gasteiger partial charge in [-0.3, -0.25) is 28.9 Å². The summed E-state index contributed by atoms with van der Waals surface area (Å²) in [5.74, 6) is -0.574. The van der Waals surface area contributed by atoms with Gasteiger partial charge in [0.1, 0.15) is 22.7 Å². The number of piperazine rings is 1. The van der Waals surface area contributed by atoms with E-state index in [-0.39, 0.29) is 48.0 Å². The summed E-state index contributed by atoms with van der Waals surface area (Å²) >= 11 is 1.39. The van der Waals surface area contributed by atoms with Crippen molar-refractivity contribution in [3.63, 3.8) is 0 Å². The number of fused-ring (bicyclic) bond motifs is 1. The molecule has 0 bridgehead atoms. The highest BCUT2D eigenvalue weighted by atomic mass is 32.2. The number of amides is 2. The van der Waals surface area contributed by atoms with Crippen molar-refractivity contribution >= 4 is 29.4 Å². The van der Waals surface area contributed by atoms with E-state index in [0.717, 1.165) is 28.8 Å². The summed E-state index contributed by atoms with van der Waals surface area (Å²) in [5.41, 5.74) is 8.40. The van der Waals surface area contributed by atoms with Crippen molar-refractivity contribution in [2.75, 3.05) is 45.1 Å². The van der Waals surface area contributed by atoms with E-state index in [0.29, 0.717) is 39.1 Å². The first kappa shape index (κ1) is 44.9. The maximum absolute atomic E-state index is 13.8. The van der Waals surface area contributed by atoms with Gasteiger partial charge in [-0.05, 0) is 68.0 Å². The highest BCUT2D eigenvalue weighted by Gasteiger charge is 2.37. The monoisotopic (exact) mass is 842 g/mol. The number of aromatic nitrogens is 3. The number of aliphatic hydroxyl groups is 3. The zero-order valence-corrected chi connectivity index (χ0v) is 35.3. The molecule has 15 nitrogen and oxygen atoms in total. The van der Waals surface area contributed by atoms with Crippen LogP contribution in [-0.2, 0) is 33.7 Å². The molecule has 1 aliphatic carbocycles. The molecule has 2 amide bonds. The van der Waals surface area contributed by atoms with Gasteiger partial charge in [0.2, 0.25) is 11.8 Å². The second-order valence-electron chi connectivity index (χ2n) is 16.7. The molecule has 2 aliphatic heterocycles. The third kappa shape index (κ3) is 12.4. The molecule has 2 unspecified atom stereocenters. The van der Waals surface area contributed by atoms with Crippen LogP contribution in [0.3, 0.4) is 0 Å². The smallest absolute Gasteiger partial charge is 0.350 e. The summed E-state index contributed by atoms with van der Waals surface area (Å²) in [4.78, 5) is 51.0. The summed E-state index contributed by atoms with van der Waals surface area (Å²) in [6, 6.07) is 22.2. The molecule has 7 N–H and O–H groups in total. The van der Waals surface area contributed by atoms with E-state index in [1.54, 1.807) is 18.5 Å². The Bertz CT molecular complexity index is 2070. The number of thioether (sulfide) groups is 1. The third-order valence-electron chi connectivity index (χ3n) is 10.7. The van der Waals surface area contributed by atoms with Crippen molar-refractivity contribution in [3.05, 3.63) is 124 Å². The number of benzene rings is 2. The molecule has 2 aromatic heterocycles. The number of nitrogens with two attached hydrogens (primary N) is 1. The highest BCUT2D eigenvalue weighted by Crippen LogP contribution is 2.34. The Labute approximate surface area is 355 Å². The Hall–Kier alpha value is -4.68. The maximum atomic E-state index is 13.8. The molecule has 2 saturated heterocycles. The number of pyridine rings is 1. The van der Waals surface area contributed by atoms with Crippen molar-refractivity contribution in [1.82, 2.24) is 35.0 Å². The first-order valence-corrected chi connectivity index (χ1v) is 21.4. The van der Waals surface area contributed by atoms with Crippen molar-refractivity contribution in [2.45, 2.75) is 87.2 Å². The number of carbonyl (C=O) groups excluding carboxylic acids is 2. The minimum atomic E-state index is -0.833. The van der Waals surface area contributed by atoms with Crippen LogP contribution in [-0.4, -0.2) is 120 Å². The lowest BCUT2D eigenvalue weighted by Crippen LogP contribution is -2.61. The number of hydrogen-bond donors (Lipinski definition) is 6. The maximum Gasteiger partial charge on any atom is 0.350 e. The van der Waals surface area contributed by atoms with E-state index >= 15 is 0 Å². The zero-order chi connectivity index (χ0) is 42.8. The van der Waals surface area contributed by atoms with E-state index in [2.05, 4.69) is 30.4 Å². The molecule has 4 aromatic rings. The molecule has 7 rings (SSSR count). The number of carbonyl (C=O) groups is 2. The molecule has 2 fully saturated rings. The fourth-order valence-corrected chi connectivity index (χ4v) is 8.94. The fourth-order valence-electron chi connectivity index (χ4n) is 7.90. The number of rotatable bonds is 13. The Morgan fingerprint density at radius 1 is 1.03 bits per heavy atom. The SMILES string of the molecule is CC(C)(C)NC(=O)[C@@H]1CN(Cc2cccnc2)CCN1C[C@@H](O)C[C@H](Cc1ccccc1)C(=O)N[C@H]1c2ccccc2C[C@H]1O.Nc1ccn(C2COC(CO)S2)c(=O)n1. The van der Waals surface area contributed by atoms with Crippen molar-refractivity contribution in [3.8, 4) is 0 Å². The van der Waals surface area contributed by atoms with Crippen molar-refractivity contribution < 1.29 is 29.6 Å². The Kier molecular flexibility index (Phi) is 15.5. The summed E-state index contributed by atoms with van der Waals surface area (Å²) in [7, 11) is 0.